The molecule has 1 atom stereocenters. The monoisotopic (exact) mass is 256 g/mol. The van der Waals surface area contributed by atoms with Crippen molar-refractivity contribution in [1.29, 1.82) is 0 Å². The van der Waals surface area contributed by atoms with Crippen LogP contribution in [0.2, 0.25) is 5.15 Å². The van der Waals surface area contributed by atoms with Crippen molar-refractivity contribution >= 4 is 11.6 Å². The van der Waals surface area contributed by atoms with Crippen molar-refractivity contribution in [3.63, 3.8) is 0 Å². The lowest BCUT2D eigenvalue weighted by Gasteiger charge is -2.37. The van der Waals surface area contributed by atoms with Crippen LogP contribution in [0.4, 0.5) is 4.39 Å². The molecule has 2 rings (SSSR count). The molecular formula is C13H18ClFN2. The Balaban J connectivity index is 2.35. The van der Waals surface area contributed by atoms with Crippen LogP contribution in [0.1, 0.15) is 45.2 Å². The Kier molecular flexibility index (Phi) is 3.41. The summed E-state index contributed by atoms with van der Waals surface area (Å²) in [5.74, 6) is -0.315. The molecule has 2 nitrogen and oxygen atoms in total. The Bertz CT molecular complexity index is 414. The van der Waals surface area contributed by atoms with Crippen molar-refractivity contribution in [2.24, 2.45) is 0 Å². The first kappa shape index (κ1) is 12.8. The zero-order chi connectivity index (χ0) is 12.6. The maximum Gasteiger partial charge on any atom is 0.141 e. The molecule has 1 aliphatic rings. The van der Waals surface area contributed by atoms with E-state index in [9.17, 15) is 4.39 Å². The minimum absolute atomic E-state index is 0.0663. The Morgan fingerprint density at radius 1 is 1.47 bits per heavy atom. The Hall–Kier alpha value is -0.670. The molecule has 1 unspecified atom stereocenters. The lowest BCUT2D eigenvalue weighted by molar-refractivity contribution is 0.121. The van der Waals surface area contributed by atoms with E-state index in [1.54, 1.807) is 0 Å². The van der Waals surface area contributed by atoms with Gasteiger partial charge in [0.25, 0.3) is 0 Å². The van der Waals surface area contributed by atoms with Gasteiger partial charge >= 0.3 is 0 Å². The van der Waals surface area contributed by atoms with Crippen molar-refractivity contribution in [2.75, 3.05) is 6.54 Å². The van der Waals surface area contributed by atoms with Gasteiger partial charge in [0.1, 0.15) is 11.0 Å². The normalized spacial score (nSPS) is 22.1. The van der Waals surface area contributed by atoms with E-state index in [-0.39, 0.29) is 17.4 Å². The van der Waals surface area contributed by atoms with E-state index >= 15 is 0 Å². The van der Waals surface area contributed by atoms with Gasteiger partial charge in [0.2, 0.25) is 0 Å². The fourth-order valence-corrected chi connectivity index (χ4v) is 2.79. The van der Waals surface area contributed by atoms with Crippen molar-refractivity contribution in [3.05, 3.63) is 28.8 Å². The second-order valence-electron chi connectivity index (χ2n) is 5.56. The van der Waals surface area contributed by atoms with Crippen molar-refractivity contribution in [2.45, 2.75) is 45.2 Å². The number of likely N-dealkylation sites (tertiary alicyclic amines) is 1. The third kappa shape index (κ3) is 2.61. The maximum absolute atomic E-state index is 13.3. The summed E-state index contributed by atoms with van der Waals surface area (Å²) in [7, 11) is 0. The van der Waals surface area contributed by atoms with E-state index in [4.69, 9.17) is 11.6 Å². The fourth-order valence-electron chi connectivity index (χ4n) is 2.56. The summed E-state index contributed by atoms with van der Waals surface area (Å²) in [6.45, 7) is 7.55. The third-order valence-electron chi connectivity index (χ3n) is 3.31. The van der Waals surface area contributed by atoms with Crippen LogP contribution in [-0.2, 0) is 0 Å². The molecule has 0 aliphatic carbocycles. The van der Waals surface area contributed by atoms with Gasteiger partial charge in [0, 0.05) is 17.1 Å². The molecular weight excluding hydrogens is 239 g/mol. The number of halogens is 2. The molecule has 0 N–H and O–H groups in total. The summed E-state index contributed by atoms with van der Waals surface area (Å²) in [6, 6.07) is 1.70. The first-order chi connectivity index (χ1) is 7.89. The predicted molar refractivity (Wildman–Crippen MR) is 67.6 cm³/mol. The summed E-state index contributed by atoms with van der Waals surface area (Å²) < 4.78 is 13.3. The lowest BCUT2D eigenvalue weighted by atomic mass is 10.0. The van der Waals surface area contributed by atoms with E-state index in [1.807, 2.05) is 0 Å². The molecule has 0 saturated carbocycles. The van der Waals surface area contributed by atoms with Crippen LogP contribution >= 0.6 is 11.6 Å². The van der Waals surface area contributed by atoms with Gasteiger partial charge in [-0.05, 0) is 46.2 Å². The van der Waals surface area contributed by atoms with Gasteiger partial charge in [-0.25, -0.2) is 9.37 Å². The highest BCUT2D eigenvalue weighted by Crippen LogP contribution is 2.39. The van der Waals surface area contributed by atoms with E-state index in [0.717, 1.165) is 24.9 Å². The van der Waals surface area contributed by atoms with Crippen LogP contribution in [0.25, 0.3) is 0 Å². The minimum atomic E-state index is -0.315. The van der Waals surface area contributed by atoms with Gasteiger partial charge in [-0.1, -0.05) is 11.6 Å². The highest BCUT2D eigenvalue weighted by atomic mass is 35.5. The Morgan fingerprint density at radius 3 is 2.82 bits per heavy atom. The quantitative estimate of drug-likeness (QED) is 0.711. The Morgan fingerprint density at radius 2 is 2.18 bits per heavy atom. The molecule has 1 aromatic heterocycles. The summed E-state index contributed by atoms with van der Waals surface area (Å²) in [4.78, 5) is 6.27. The van der Waals surface area contributed by atoms with Crippen LogP contribution in [0.5, 0.6) is 0 Å². The van der Waals surface area contributed by atoms with Gasteiger partial charge in [0.05, 0.1) is 6.20 Å². The van der Waals surface area contributed by atoms with Gasteiger partial charge in [-0.3, -0.25) is 4.90 Å². The molecule has 4 heteroatoms. The first-order valence-electron chi connectivity index (χ1n) is 5.97. The standard InChI is InChI=1S/C13H18ClFN2/c1-13(2,3)17-6-4-5-11(17)10-7-9(15)8-16-12(10)14/h7-8,11H,4-6H2,1-3H3. The van der Waals surface area contributed by atoms with E-state index in [0.29, 0.717) is 5.15 Å². The van der Waals surface area contributed by atoms with Crippen molar-refractivity contribution in [1.82, 2.24) is 9.88 Å². The molecule has 2 heterocycles. The predicted octanol–water partition coefficient (Wildman–Crippen LogP) is 3.81. The zero-order valence-corrected chi connectivity index (χ0v) is 11.3. The average Bonchev–Trinajstić information content (AvgIpc) is 2.69. The number of nitrogens with zero attached hydrogens (tertiary/aromatic N) is 2. The van der Waals surface area contributed by atoms with Crippen LogP contribution in [0.15, 0.2) is 12.3 Å². The highest BCUT2D eigenvalue weighted by Gasteiger charge is 2.35. The Labute approximate surface area is 107 Å². The van der Waals surface area contributed by atoms with E-state index < -0.39 is 0 Å². The fraction of sp³-hybridized carbons (Fsp3) is 0.615. The molecule has 94 valence electrons. The average molecular weight is 257 g/mol. The van der Waals surface area contributed by atoms with E-state index in [1.165, 1.54) is 12.3 Å². The van der Waals surface area contributed by atoms with Gasteiger partial charge in [-0.15, -0.1) is 0 Å². The molecule has 0 amide bonds. The van der Waals surface area contributed by atoms with Crippen LogP contribution < -0.4 is 0 Å². The van der Waals surface area contributed by atoms with Gasteiger partial charge < -0.3 is 0 Å². The second kappa shape index (κ2) is 4.54. The van der Waals surface area contributed by atoms with Crippen LogP contribution in [-0.4, -0.2) is 22.0 Å². The molecule has 0 radical (unpaired) electrons. The molecule has 0 spiro atoms. The molecule has 1 saturated heterocycles. The zero-order valence-electron chi connectivity index (χ0n) is 10.5. The van der Waals surface area contributed by atoms with Crippen molar-refractivity contribution < 1.29 is 4.39 Å². The number of hydrogen-bond donors (Lipinski definition) is 0. The third-order valence-corrected chi connectivity index (χ3v) is 3.62. The summed E-state index contributed by atoms with van der Waals surface area (Å²) in [6.07, 6.45) is 3.30. The van der Waals surface area contributed by atoms with Gasteiger partial charge in [0.15, 0.2) is 0 Å². The molecule has 0 bridgehead atoms. The summed E-state index contributed by atoms with van der Waals surface area (Å²) >= 11 is 6.09. The molecule has 1 aromatic rings. The molecule has 1 fully saturated rings. The summed E-state index contributed by atoms with van der Waals surface area (Å²) in [5, 5.41) is 0.424. The van der Waals surface area contributed by atoms with Crippen LogP contribution in [0.3, 0.4) is 0 Å². The number of aromatic nitrogens is 1. The summed E-state index contributed by atoms with van der Waals surface area (Å²) in [5.41, 5.74) is 0.885. The number of hydrogen-bond acceptors (Lipinski definition) is 2. The molecule has 0 aromatic carbocycles. The second-order valence-corrected chi connectivity index (χ2v) is 5.91. The highest BCUT2D eigenvalue weighted by molar-refractivity contribution is 6.30. The van der Waals surface area contributed by atoms with Crippen LogP contribution in [0, 0.1) is 5.82 Å². The first-order valence-corrected chi connectivity index (χ1v) is 6.35. The molecule has 1 aliphatic heterocycles. The number of rotatable bonds is 1. The molecule has 17 heavy (non-hydrogen) atoms. The number of pyridine rings is 1. The lowest BCUT2D eigenvalue weighted by Crippen LogP contribution is -2.40. The SMILES string of the molecule is CC(C)(C)N1CCCC1c1cc(F)cnc1Cl. The smallest absolute Gasteiger partial charge is 0.141 e. The minimum Gasteiger partial charge on any atom is -0.291 e. The van der Waals surface area contributed by atoms with Crippen molar-refractivity contribution in [3.8, 4) is 0 Å². The maximum atomic E-state index is 13.3. The topological polar surface area (TPSA) is 16.1 Å². The van der Waals surface area contributed by atoms with Gasteiger partial charge in [-0.2, -0.15) is 0 Å². The van der Waals surface area contributed by atoms with E-state index in [2.05, 4.69) is 30.7 Å². The largest absolute Gasteiger partial charge is 0.291 e.